The summed E-state index contributed by atoms with van der Waals surface area (Å²) in [5, 5.41) is 10.2. The molecule has 16 heavy (non-hydrogen) atoms. The van der Waals surface area contributed by atoms with Crippen LogP contribution in [0.25, 0.3) is 11.0 Å². The van der Waals surface area contributed by atoms with Gasteiger partial charge in [-0.2, -0.15) is 0 Å². The van der Waals surface area contributed by atoms with Gasteiger partial charge in [-0.05, 0) is 32.4 Å². The largest absolute Gasteiger partial charge is 0.481 e. The van der Waals surface area contributed by atoms with Gasteiger partial charge in [0.15, 0.2) is 0 Å². The minimum atomic E-state index is -0.997. The fourth-order valence-electron chi connectivity index (χ4n) is 1.87. The van der Waals surface area contributed by atoms with Crippen molar-refractivity contribution in [1.29, 1.82) is 0 Å². The number of rotatable bonds is 2. The third kappa shape index (κ3) is 1.40. The molecule has 0 saturated carbocycles. The van der Waals surface area contributed by atoms with Crippen LogP contribution in [0.1, 0.15) is 25.2 Å². The van der Waals surface area contributed by atoms with Gasteiger partial charge in [-0.15, -0.1) is 0 Å². The molecule has 0 saturated heterocycles. The lowest BCUT2D eigenvalue weighted by atomic mass is 9.88. The Hall–Kier alpha value is -1.77. The van der Waals surface area contributed by atoms with E-state index in [0.29, 0.717) is 5.76 Å². The molecule has 0 bridgehead atoms. The number of carbonyl (C=O) groups is 1. The Morgan fingerprint density at radius 2 is 1.94 bits per heavy atom. The number of furan rings is 1. The maximum Gasteiger partial charge on any atom is 0.316 e. The number of carboxylic acid groups (broad SMARTS) is 1. The zero-order chi connectivity index (χ0) is 11.9. The number of carboxylic acids is 1. The van der Waals surface area contributed by atoms with Crippen molar-refractivity contribution in [3.05, 3.63) is 35.6 Å². The highest BCUT2D eigenvalue weighted by Gasteiger charge is 2.35. The molecule has 1 N–H and O–H groups in total. The van der Waals surface area contributed by atoms with E-state index in [-0.39, 0.29) is 0 Å². The molecule has 2 rings (SSSR count). The lowest BCUT2D eigenvalue weighted by molar-refractivity contribution is -0.143. The molecule has 3 nitrogen and oxygen atoms in total. The Morgan fingerprint density at radius 3 is 2.50 bits per heavy atom. The summed E-state index contributed by atoms with van der Waals surface area (Å²) >= 11 is 0. The summed E-state index contributed by atoms with van der Waals surface area (Å²) in [5.74, 6) is -0.351. The van der Waals surface area contributed by atoms with Crippen molar-refractivity contribution in [2.24, 2.45) is 0 Å². The molecule has 2 aromatic rings. The summed E-state index contributed by atoms with van der Waals surface area (Å²) < 4.78 is 5.64. The van der Waals surface area contributed by atoms with Crippen molar-refractivity contribution in [1.82, 2.24) is 0 Å². The van der Waals surface area contributed by atoms with Gasteiger partial charge in [0.05, 0.1) is 0 Å². The number of aryl methyl sites for hydroxylation is 1. The van der Waals surface area contributed by atoms with Gasteiger partial charge >= 0.3 is 5.97 Å². The fourth-order valence-corrected chi connectivity index (χ4v) is 1.87. The molecular formula is C13H14O3. The quantitative estimate of drug-likeness (QED) is 0.842. The predicted octanol–water partition coefficient (Wildman–Crippen LogP) is 3.10. The van der Waals surface area contributed by atoms with Crippen molar-refractivity contribution in [2.75, 3.05) is 0 Å². The Morgan fingerprint density at radius 1 is 1.31 bits per heavy atom. The van der Waals surface area contributed by atoms with Gasteiger partial charge in [0.2, 0.25) is 0 Å². The molecule has 0 unspecified atom stereocenters. The van der Waals surface area contributed by atoms with E-state index in [0.717, 1.165) is 16.5 Å². The molecule has 0 spiro atoms. The molecule has 0 atom stereocenters. The van der Waals surface area contributed by atoms with Crippen LogP contribution in [0.3, 0.4) is 0 Å². The number of para-hydroxylation sites is 1. The van der Waals surface area contributed by atoms with Crippen LogP contribution in [0, 0.1) is 6.92 Å². The van der Waals surface area contributed by atoms with Crippen LogP contribution in [-0.4, -0.2) is 11.1 Å². The SMILES string of the molecule is Cc1c(C(C)(C)C(=O)O)oc2ccccc12. The zero-order valence-corrected chi connectivity index (χ0v) is 9.57. The maximum atomic E-state index is 11.2. The van der Waals surface area contributed by atoms with Crippen LogP contribution in [0.2, 0.25) is 0 Å². The molecule has 1 aromatic heterocycles. The lowest BCUT2D eigenvalue weighted by Gasteiger charge is -2.16. The molecular weight excluding hydrogens is 204 g/mol. The van der Waals surface area contributed by atoms with E-state index in [1.165, 1.54) is 0 Å². The van der Waals surface area contributed by atoms with Crippen LogP contribution < -0.4 is 0 Å². The molecule has 0 amide bonds. The maximum absolute atomic E-state index is 11.2. The van der Waals surface area contributed by atoms with Crippen LogP contribution in [0.15, 0.2) is 28.7 Å². The van der Waals surface area contributed by atoms with Gasteiger partial charge in [-0.3, -0.25) is 4.79 Å². The third-order valence-corrected chi connectivity index (χ3v) is 2.95. The second-order valence-corrected chi connectivity index (χ2v) is 4.48. The predicted molar refractivity (Wildman–Crippen MR) is 61.6 cm³/mol. The number of hydrogen-bond acceptors (Lipinski definition) is 2. The second-order valence-electron chi connectivity index (χ2n) is 4.48. The van der Waals surface area contributed by atoms with Crippen LogP contribution >= 0.6 is 0 Å². The summed E-state index contributed by atoms with van der Waals surface area (Å²) in [6.45, 7) is 5.20. The Bertz CT molecular complexity index is 549. The highest BCUT2D eigenvalue weighted by molar-refractivity contribution is 5.86. The van der Waals surface area contributed by atoms with E-state index in [9.17, 15) is 9.90 Å². The normalized spacial score (nSPS) is 11.9. The molecule has 0 aliphatic rings. The molecule has 0 aliphatic heterocycles. The Kier molecular flexibility index (Phi) is 2.26. The van der Waals surface area contributed by atoms with Gasteiger partial charge < -0.3 is 9.52 Å². The summed E-state index contributed by atoms with van der Waals surface area (Å²) in [6, 6.07) is 7.59. The average molecular weight is 218 g/mol. The second kappa shape index (κ2) is 3.37. The van der Waals surface area contributed by atoms with Gasteiger partial charge in [-0.1, -0.05) is 18.2 Å². The molecule has 0 radical (unpaired) electrons. The minimum absolute atomic E-state index is 0.529. The van der Waals surface area contributed by atoms with E-state index in [4.69, 9.17) is 4.42 Å². The molecule has 3 heteroatoms. The standard InChI is InChI=1S/C13H14O3/c1-8-9-6-4-5-7-10(9)16-11(8)13(2,3)12(14)15/h4-7H,1-3H3,(H,14,15). The molecule has 1 aromatic carbocycles. The summed E-state index contributed by atoms with van der Waals surface area (Å²) in [5.41, 5.74) is 0.649. The first-order valence-electron chi connectivity index (χ1n) is 5.16. The molecule has 0 fully saturated rings. The highest BCUT2D eigenvalue weighted by Crippen LogP contribution is 2.33. The first-order valence-corrected chi connectivity index (χ1v) is 5.16. The Labute approximate surface area is 93.7 Å². The van der Waals surface area contributed by atoms with E-state index in [2.05, 4.69) is 0 Å². The number of fused-ring (bicyclic) bond motifs is 1. The van der Waals surface area contributed by atoms with Crippen molar-refractivity contribution in [3.63, 3.8) is 0 Å². The number of hydrogen-bond donors (Lipinski definition) is 1. The molecule has 84 valence electrons. The van der Waals surface area contributed by atoms with Gasteiger partial charge in [0.1, 0.15) is 16.8 Å². The van der Waals surface area contributed by atoms with Gasteiger partial charge in [0, 0.05) is 5.39 Å². The van der Waals surface area contributed by atoms with Gasteiger partial charge in [-0.25, -0.2) is 0 Å². The number of benzene rings is 1. The van der Waals surface area contributed by atoms with Gasteiger partial charge in [0.25, 0.3) is 0 Å². The minimum Gasteiger partial charge on any atom is -0.481 e. The van der Waals surface area contributed by atoms with E-state index in [1.807, 2.05) is 31.2 Å². The van der Waals surface area contributed by atoms with Crippen LogP contribution in [0.5, 0.6) is 0 Å². The van der Waals surface area contributed by atoms with Crippen molar-refractivity contribution in [2.45, 2.75) is 26.2 Å². The summed E-state index contributed by atoms with van der Waals surface area (Å²) in [7, 11) is 0. The molecule has 0 aliphatic carbocycles. The lowest BCUT2D eigenvalue weighted by Crippen LogP contribution is -2.28. The summed E-state index contributed by atoms with van der Waals surface area (Å²) in [6.07, 6.45) is 0. The van der Waals surface area contributed by atoms with E-state index >= 15 is 0 Å². The number of aliphatic carboxylic acids is 1. The smallest absolute Gasteiger partial charge is 0.316 e. The highest BCUT2D eigenvalue weighted by atomic mass is 16.4. The van der Waals surface area contributed by atoms with Crippen LogP contribution in [0.4, 0.5) is 0 Å². The van der Waals surface area contributed by atoms with E-state index < -0.39 is 11.4 Å². The van der Waals surface area contributed by atoms with Crippen molar-refractivity contribution >= 4 is 16.9 Å². The van der Waals surface area contributed by atoms with Crippen molar-refractivity contribution in [3.8, 4) is 0 Å². The average Bonchev–Trinajstić information content (AvgIpc) is 2.57. The van der Waals surface area contributed by atoms with Crippen molar-refractivity contribution < 1.29 is 14.3 Å². The molecule has 1 heterocycles. The summed E-state index contributed by atoms with van der Waals surface area (Å²) in [4.78, 5) is 11.2. The first kappa shape index (κ1) is 10.7. The first-order chi connectivity index (χ1) is 7.44. The Balaban J connectivity index is 2.71. The third-order valence-electron chi connectivity index (χ3n) is 2.95. The fraction of sp³-hybridized carbons (Fsp3) is 0.308. The van der Waals surface area contributed by atoms with E-state index in [1.54, 1.807) is 13.8 Å². The van der Waals surface area contributed by atoms with Crippen LogP contribution in [-0.2, 0) is 10.2 Å². The topological polar surface area (TPSA) is 50.4 Å². The zero-order valence-electron chi connectivity index (χ0n) is 9.57. The monoisotopic (exact) mass is 218 g/mol.